The van der Waals surface area contributed by atoms with Crippen molar-refractivity contribution in [2.75, 3.05) is 6.54 Å². The zero-order chi connectivity index (χ0) is 9.97. The quantitative estimate of drug-likeness (QED) is 0.719. The molecule has 2 nitrogen and oxygen atoms in total. The first kappa shape index (κ1) is 9.46. The summed E-state index contributed by atoms with van der Waals surface area (Å²) < 4.78 is 13.1. The summed E-state index contributed by atoms with van der Waals surface area (Å²) in [5.74, 6) is 0.241. The van der Waals surface area contributed by atoms with E-state index in [4.69, 9.17) is 0 Å². The summed E-state index contributed by atoms with van der Waals surface area (Å²) >= 11 is 0. The van der Waals surface area contributed by atoms with Gasteiger partial charge < -0.3 is 10.4 Å². The van der Waals surface area contributed by atoms with Crippen LogP contribution in [0.15, 0.2) is 24.3 Å². The minimum atomic E-state index is -0.719. The van der Waals surface area contributed by atoms with Crippen molar-refractivity contribution in [3.05, 3.63) is 29.8 Å². The van der Waals surface area contributed by atoms with Gasteiger partial charge in [0.15, 0.2) is 0 Å². The summed E-state index contributed by atoms with van der Waals surface area (Å²) in [7, 11) is 0. The van der Waals surface area contributed by atoms with Crippen molar-refractivity contribution in [3.63, 3.8) is 0 Å². The molecule has 0 radical (unpaired) electrons. The van der Waals surface area contributed by atoms with Gasteiger partial charge in [0.2, 0.25) is 0 Å². The van der Waals surface area contributed by atoms with Crippen molar-refractivity contribution in [2.45, 2.75) is 25.1 Å². The minimum absolute atomic E-state index is 0.0471. The molecule has 0 aliphatic carbocycles. The maximum absolute atomic E-state index is 13.1. The highest BCUT2D eigenvalue weighted by Crippen LogP contribution is 2.26. The SMILES string of the molecule is Oc1cccc(C2CC(F)CCN2)c1. The first-order valence-electron chi connectivity index (χ1n) is 4.92. The maximum atomic E-state index is 13.1. The molecule has 76 valence electrons. The largest absolute Gasteiger partial charge is 0.508 e. The van der Waals surface area contributed by atoms with Gasteiger partial charge in [-0.25, -0.2) is 4.39 Å². The van der Waals surface area contributed by atoms with Gasteiger partial charge in [-0.2, -0.15) is 0 Å². The van der Waals surface area contributed by atoms with Gasteiger partial charge in [0.25, 0.3) is 0 Å². The Morgan fingerprint density at radius 1 is 1.43 bits per heavy atom. The molecule has 2 N–H and O–H groups in total. The fraction of sp³-hybridized carbons (Fsp3) is 0.455. The van der Waals surface area contributed by atoms with E-state index in [2.05, 4.69) is 5.32 Å². The van der Waals surface area contributed by atoms with Crippen molar-refractivity contribution in [1.82, 2.24) is 5.32 Å². The molecular weight excluding hydrogens is 181 g/mol. The third-order valence-corrected chi connectivity index (χ3v) is 2.61. The molecule has 1 fully saturated rings. The van der Waals surface area contributed by atoms with Crippen molar-refractivity contribution < 1.29 is 9.50 Å². The highest BCUT2D eigenvalue weighted by molar-refractivity contribution is 5.29. The average molecular weight is 195 g/mol. The Balaban J connectivity index is 2.14. The van der Waals surface area contributed by atoms with E-state index in [1.807, 2.05) is 6.07 Å². The summed E-state index contributed by atoms with van der Waals surface area (Å²) in [6.07, 6.45) is 0.377. The van der Waals surface area contributed by atoms with E-state index >= 15 is 0 Å². The maximum Gasteiger partial charge on any atom is 0.115 e. The van der Waals surface area contributed by atoms with Crippen LogP contribution in [-0.2, 0) is 0 Å². The predicted molar refractivity (Wildman–Crippen MR) is 53.0 cm³/mol. The predicted octanol–water partition coefficient (Wildman–Crippen LogP) is 2.15. The molecule has 2 rings (SSSR count). The van der Waals surface area contributed by atoms with Gasteiger partial charge in [-0.3, -0.25) is 0 Å². The monoisotopic (exact) mass is 195 g/mol. The van der Waals surface area contributed by atoms with Gasteiger partial charge in [-0.1, -0.05) is 12.1 Å². The number of hydrogen-bond acceptors (Lipinski definition) is 2. The van der Waals surface area contributed by atoms with Gasteiger partial charge in [0, 0.05) is 6.04 Å². The molecule has 0 saturated carbocycles. The van der Waals surface area contributed by atoms with Crippen LogP contribution in [-0.4, -0.2) is 17.8 Å². The van der Waals surface area contributed by atoms with E-state index in [0.29, 0.717) is 19.4 Å². The normalized spacial score (nSPS) is 27.5. The molecule has 1 aromatic carbocycles. The molecule has 3 heteroatoms. The van der Waals surface area contributed by atoms with Crippen LogP contribution in [0.3, 0.4) is 0 Å². The molecular formula is C11H14FNO. The smallest absolute Gasteiger partial charge is 0.115 e. The topological polar surface area (TPSA) is 32.3 Å². The van der Waals surface area contributed by atoms with Crippen molar-refractivity contribution in [2.24, 2.45) is 0 Å². The Morgan fingerprint density at radius 3 is 3.00 bits per heavy atom. The molecule has 0 amide bonds. The molecule has 0 bridgehead atoms. The van der Waals surface area contributed by atoms with Gasteiger partial charge in [0.1, 0.15) is 11.9 Å². The molecule has 1 aromatic rings. The molecule has 2 unspecified atom stereocenters. The zero-order valence-electron chi connectivity index (χ0n) is 7.91. The number of benzene rings is 1. The van der Waals surface area contributed by atoms with E-state index < -0.39 is 6.17 Å². The number of aromatic hydroxyl groups is 1. The van der Waals surface area contributed by atoms with Gasteiger partial charge >= 0.3 is 0 Å². The van der Waals surface area contributed by atoms with E-state index in [1.54, 1.807) is 18.2 Å². The molecule has 1 aliphatic rings. The molecule has 1 aliphatic heterocycles. The lowest BCUT2D eigenvalue weighted by Crippen LogP contribution is -2.32. The highest BCUT2D eigenvalue weighted by atomic mass is 19.1. The lowest BCUT2D eigenvalue weighted by atomic mass is 9.96. The lowest BCUT2D eigenvalue weighted by molar-refractivity contribution is 0.224. The Bertz CT molecular complexity index is 316. The molecule has 1 saturated heterocycles. The van der Waals surface area contributed by atoms with Crippen LogP contribution in [0.5, 0.6) is 5.75 Å². The molecule has 1 heterocycles. The summed E-state index contributed by atoms with van der Waals surface area (Å²) in [4.78, 5) is 0. The Morgan fingerprint density at radius 2 is 2.29 bits per heavy atom. The van der Waals surface area contributed by atoms with E-state index in [9.17, 15) is 9.50 Å². The van der Waals surface area contributed by atoms with Crippen molar-refractivity contribution in [3.8, 4) is 5.75 Å². The van der Waals surface area contributed by atoms with Crippen LogP contribution < -0.4 is 5.32 Å². The number of piperidine rings is 1. The van der Waals surface area contributed by atoms with E-state index in [-0.39, 0.29) is 11.8 Å². The summed E-state index contributed by atoms with van der Waals surface area (Å²) in [6, 6.07) is 7.06. The van der Waals surface area contributed by atoms with Crippen LogP contribution in [0.25, 0.3) is 0 Å². The Labute approximate surface area is 82.8 Å². The number of hydrogen-bond donors (Lipinski definition) is 2. The lowest BCUT2D eigenvalue weighted by Gasteiger charge is -2.26. The molecule has 2 atom stereocenters. The average Bonchev–Trinajstić information content (AvgIpc) is 2.18. The number of phenols is 1. The second kappa shape index (κ2) is 3.96. The molecule has 14 heavy (non-hydrogen) atoms. The number of halogens is 1. The van der Waals surface area contributed by atoms with Crippen LogP contribution in [0, 0.1) is 0 Å². The van der Waals surface area contributed by atoms with E-state index in [1.165, 1.54) is 0 Å². The summed E-state index contributed by atoms with van der Waals surface area (Å²) in [5.41, 5.74) is 0.965. The second-order valence-corrected chi connectivity index (χ2v) is 3.72. The van der Waals surface area contributed by atoms with E-state index in [0.717, 1.165) is 5.56 Å². The third-order valence-electron chi connectivity index (χ3n) is 2.61. The zero-order valence-corrected chi connectivity index (χ0v) is 7.91. The molecule has 0 spiro atoms. The van der Waals surface area contributed by atoms with Crippen LogP contribution in [0.2, 0.25) is 0 Å². The van der Waals surface area contributed by atoms with Gasteiger partial charge in [-0.15, -0.1) is 0 Å². The van der Waals surface area contributed by atoms with Crippen LogP contribution in [0.1, 0.15) is 24.4 Å². The Kier molecular flexibility index (Phi) is 2.68. The number of phenolic OH excluding ortho intramolecular Hbond substituents is 1. The minimum Gasteiger partial charge on any atom is -0.508 e. The fourth-order valence-electron chi connectivity index (χ4n) is 1.87. The Hall–Kier alpha value is -1.09. The van der Waals surface area contributed by atoms with Crippen molar-refractivity contribution in [1.29, 1.82) is 0 Å². The highest BCUT2D eigenvalue weighted by Gasteiger charge is 2.22. The summed E-state index contributed by atoms with van der Waals surface area (Å²) in [5, 5.41) is 12.5. The molecule has 0 aromatic heterocycles. The summed E-state index contributed by atoms with van der Waals surface area (Å²) in [6.45, 7) is 0.710. The first-order chi connectivity index (χ1) is 6.75. The third kappa shape index (κ3) is 2.04. The standard InChI is InChI=1S/C11H14FNO/c12-9-4-5-13-11(7-9)8-2-1-3-10(14)6-8/h1-3,6,9,11,13-14H,4-5,7H2. The van der Waals surface area contributed by atoms with Gasteiger partial charge in [0.05, 0.1) is 0 Å². The second-order valence-electron chi connectivity index (χ2n) is 3.72. The van der Waals surface area contributed by atoms with Crippen molar-refractivity contribution >= 4 is 0 Å². The number of rotatable bonds is 1. The number of nitrogens with one attached hydrogen (secondary N) is 1. The number of alkyl halides is 1. The van der Waals surface area contributed by atoms with Gasteiger partial charge in [-0.05, 0) is 37.1 Å². The van der Waals surface area contributed by atoms with Crippen LogP contribution >= 0.6 is 0 Å². The first-order valence-corrected chi connectivity index (χ1v) is 4.92. The van der Waals surface area contributed by atoms with Crippen LogP contribution in [0.4, 0.5) is 4.39 Å². The fourth-order valence-corrected chi connectivity index (χ4v) is 1.87.